The Hall–Kier alpha value is -2.93. The van der Waals surface area contributed by atoms with Gasteiger partial charge in [-0.15, -0.1) is 10.2 Å². The number of hydrogen-bond donors (Lipinski definition) is 1. The van der Waals surface area contributed by atoms with E-state index in [4.69, 9.17) is 4.74 Å². The van der Waals surface area contributed by atoms with Gasteiger partial charge in [-0.2, -0.15) is 5.26 Å². The summed E-state index contributed by atoms with van der Waals surface area (Å²) in [5, 5.41) is 20.1. The average Bonchev–Trinajstić information content (AvgIpc) is 3.49. The number of rotatable bonds is 7. The molecule has 2 aliphatic carbocycles. The maximum Gasteiger partial charge on any atom is 0.233 e. The SMILES string of the molecule is CC(C)Oc1ccc(-c2nnc(C3=C4CCCC4=CCC=C3)s2)cc1C#N.CNSCC(=O)N(C)C. The highest BCUT2D eigenvalue weighted by Crippen LogP contribution is 2.40. The molecule has 1 aromatic heterocycles. The highest BCUT2D eigenvalue weighted by atomic mass is 32.2. The van der Waals surface area contributed by atoms with Crippen LogP contribution in [0.1, 0.15) is 50.1 Å². The van der Waals surface area contributed by atoms with Crippen LogP contribution in [0, 0.1) is 11.3 Å². The number of fused-ring (bicyclic) bond motifs is 1. The number of nitrogens with one attached hydrogen (secondary N) is 1. The third kappa shape index (κ3) is 7.29. The van der Waals surface area contributed by atoms with E-state index in [2.05, 4.69) is 39.2 Å². The van der Waals surface area contributed by atoms with Gasteiger partial charge in [0, 0.05) is 25.2 Å². The lowest BCUT2D eigenvalue weighted by molar-refractivity contribution is -0.125. The van der Waals surface area contributed by atoms with Gasteiger partial charge in [-0.05, 0) is 75.9 Å². The van der Waals surface area contributed by atoms with Gasteiger partial charge in [0.25, 0.3) is 0 Å². The maximum atomic E-state index is 10.8. The lowest BCUT2D eigenvalue weighted by atomic mass is 10.0. The van der Waals surface area contributed by atoms with Crippen molar-refractivity contribution < 1.29 is 9.53 Å². The Balaban J connectivity index is 0.000000345. The van der Waals surface area contributed by atoms with Crippen LogP contribution in [-0.2, 0) is 4.79 Å². The molecule has 9 heteroatoms. The number of allylic oxidation sites excluding steroid dienone is 6. The Morgan fingerprint density at radius 3 is 2.75 bits per heavy atom. The van der Waals surface area contributed by atoms with Gasteiger partial charge in [-0.25, -0.2) is 0 Å². The maximum absolute atomic E-state index is 10.8. The summed E-state index contributed by atoms with van der Waals surface area (Å²) < 4.78 is 8.53. The van der Waals surface area contributed by atoms with Crippen molar-refractivity contribution in [2.45, 2.75) is 45.6 Å². The molecular weight excluding hydrogens is 490 g/mol. The zero-order valence-electron chi connectivity index (χ0n) is 21.5. The zero-order chi connectivity index (χ0) is 26.1. The first kappa shape index (κ1) is 27.7. The minimum absolute atomic E-state index is 0.0280. The summed E-state index contributed by atoms with van der Waals surface area (Å²) in [5.74, 6) is 1.25. The smallest absolute Gasteiger partial charge is 0.233 e. The van der Waals surface area contributed by atoms with E-state index in [0.29, 0.717) is 17.1 Å². The fraction of sp³-hybridized carbons (Fsp3) is 0.407. The van der Waals surface area contributed by atoms with Crippen molar-refractivity contribution in [2.75, 3.05) is 26.9 Å². The molecule has 7 nitrogen and oxygen atoms in total. The van der Waals surface area contributed by atoms with Gasteiger partial charge >= 0.3 is 0 Å². The quantitative estimate of drug-likeness (QED) is 0.470. The molecule has 1 N–H and O–H groups in total. The van der Waals surface area contributed by atoms with E-state index in [1.54, 1.807) is 37.4 Å². The predicted octanol–water partition coefficient (Wildman–Crippen LogP) is 5.63. The highest BCUT2D eigenvalue weighted by Gasteiger charge is 2.21. The second-order valence-electron chi connectivity index (χ2n) is 8.80. The lowest BCUT2D eigenvalue weighted by Crippen LogP contribution is -2.24. The Morgan fingerprint density at radius 2 is 2.06 bits per heavy atom. The molecule has 0 bridgehead atoms. The minimum atomic E-state index is 0.0280. The van der Waals surface area contributed by atoms with Crippen molar-refractivity contribution in [1.29, 1.82) is 5.26 Å². The van der Waals surface area contributed by atoms with Crippen LogP contribution in [0.25, 0.3) is 16.1 Å². The van der Waals surface area contributed by atoms with Crippen LogP contribution in [0.3, 0.4) is 0 Å². The van der Waals surface area contributed by atoms with Gasteiger partial charge in [0.05, 0.1) is 17.4 Å². The summed E-state index contributed by atoms with van der Waals surface area (Å²) in [6.07, 6.45) is 11.2. The minimum Gasteiger partial charge on any atom is -0.490 e. The third-order valence-corrected chi connectivity index (χ3v) is 7.26. The fourth-order valence-corrected chi connectivity index (χ4v) is 5.23. The molecular formula is C27H33N5O2S2. The first-order valence-electron chi connectivity index (χ1n) is 12.0. The van der Waals surface area contributed by atoms with Crippen LogP contribution in [-0.4, -0.2) is 54.0 Å². The summed E-state index contributed by atoms with van der Waals surface area (Å²) in [7, 11) is 5.30. The Bertz CT molecular complexity index is 1200. The van der Waals surface area contributed by atoms with Crippen LogP contribution in [0.2, 0.25) is 0 Å². The van der Waals surface area contributed by atoms with Crippen LogP contribution in [0.5, 0.6) is 5.75 Å². The molecule has 0 unspecified atom stereocenters. The number of benzene rings is 1. The molecule has 1 aromatic carbocycles. The van der Waals surface area contributed by atoms with Gasteiger partial charge in [0.2, 0.25) is 5.91 Å². The monoisotopic (exact) mass is 523 g/mol. The number of nitrogens with zero attached hydrogens (tertiary/aromatic N) is 4. The lowest BCUT2D eigenvalue weighted by Gasteiger charge is -2.11. The molecule has 0 radical (unpaired) electrons. The van der Waals surface area contributed by atoms with Gasteiger partial charge in [0.15, 0.2) is 0 Å². The number of carbonyl (C=O) groups is 1. The highest BCUT2D eigenvalue weighted by molar-refractivity contribution is 7.98. The van der Waals surface area contributed by atoms with Crippen molar-refractivity contribution in [3.8, 4) is 22.4 Å². The molecule has 1 fully saturated rings. The molecule has 2 aliphatic rings. The number of nitriles is 1. The Kier molecular flexibility index (Phi) is 10.3. The third-order valence-electron chi connectivity index (χ3n) is 5.57. The molecule has 1 saturated carbocycles. The normalized spacial score (nSPS) is 14.4. The van der Waals surface area contributed by atoms with Gasteiger partial charge in [0.1, 0.15) is 21.8 Å². The average molecular weight is 524 g/mol. The van der Waals surface area contributed by atoms with Gasteiger partial charge in [-0.1, -0.05) is 41.5 Å². The first-order chi connectivity index (χ1) is 17.3. The largest absolute Gasteiger partial charge is 0.490 e. The van der Waals surface area contributed by atoms with Crippen molar-refractivity contribution in [3.05, 3.63) is 58.1 Å². The van der Waals surface area contributed by atoms with Crippen molar-refractivity contribution in [3.63, 3.8) is 0 Å². The summed E-state index contributed by atoms with van der Waals surface area (Å²) in [4.78, 5) is 12.3. The molecule has 0 atom stereocenters. The van der Waals surface area contributed by atoms with Gasteiger partial charge in [-0.3, -0.25) is 9.52 Å². The van der Waals surface area contributed by atoms with Crippen molar-refractivity contribution in [2.24, 2.45) is 0 Å². The summed E-state index contributed by atoms with van der Waals surface area (Å²) in [5.41, 5.74) is 5.52. The van der Waals surface area contributed by atoms with E-state index < -0.39 is 0 Å². The molecule has 0 saturated heterocycles. The molecule has 36 heavy (non-hydrogen) atoms. The summed E-state index contributed by atoms with van der Waals surface area (Å²) in [6.45, 7) is 3.90. The molecule has 4 rings (SSSR count). The molecule has 1 amide bonds. The van der Waals surface area contributed by atoms with Crippen LogP contribution >= 0.6 is 23.3 Å². The molecule has 1 heterocycles. The second kappa shape index (κ2) is 13.4. The fourth-order valence-electron chi connectivity index (χ4n) is 3.82. The first-order valence-corrected chi connectivity index (χ1v) is 13.8. The topological polar surface area (TPSA) is 91.1 Å². The van der Waals surface area contributed by atoms with E-state index in [1.807, 2.05) is 32.0 Å². The van der Waals surface area contributed by atoms with Crippen LogP contribution in [0.4, 0.5) is 0 Å². The van der Waals surface area contributed by atoms with Crippen LogP contribution in [0.15, 0.2) is 47.6 Å². The van der Waals surface area contributed by atoms with Crippen molar-refractivity contribution in [1.82, 2.24) is 19.8 Å². The molecule has 0 spiro atoms. The van der Waals surface area contributed by atoms with Crippen LogP contribution < -0.4 is 9.46 Å². The van der Waals surface area contributed by atoms with E-state index >= 15 is 0 Å². The molecule has 2 aromatic rings. The number of ether oxygens (including phenoxy) is 1. The number of hydrogen-bond acceptors (Lipinski definition) is 8. The summed E-state index contributed by atoms with van der Waals surface area (Å²) in [6, 6.07) is 7.86. The zero-order valence-corrected chi connectivity index (χ0v) is 23.1. The van der Waals surface area contributed by atoms with Crippen molar-refractivity contribution >= 4 is 34.8 Å². The standard InChI is InChI=1S/C22H21N3OS.C5H12N2OS/c1-14(2)26-20-11-10-16(12-17(20)13-23)21-24-25-22(27-21)19-8-4-3-6-15-7-5-9-18(15)19;1-6-9-4-5(8)7(2)3/h4,6,8,10-12,14H,3,5,7,9H2,1-2H3;6H,4H2,1-3H3. The van der Waals surface area contributed by atoms with E-state index in [-0.39, 0.29) is 12.0 Å². The number of aromatic nitrogens is 2. The van der Waals surface area contributed by atoms with E-state index in [0.717, 1.165) is 34.8 Å². The molecule has 190 valence electrons. The summed E-state index contributed by atoms with van der Waals surface area (Å²) >= 11 is 2.98. The second-order valence-corrected chi connectivity index (χ2v) is 10.8. The Morgan fingerprint density at radius 1 is 1.28 bits per heavy atom. The predicted molar refractivity (Wildman–Crippen MR) is 149 cm³/mol. The van der Waals surface area contributed by atoms with Gasteiger partial charge < -0.3 is 9.64 Å². The number of amides is 1. The Labute approximate surface area is 222 Å². The van der Waals surface area contributed by atoms with E-state index in [9.17, 15) is 10.1 Å². The molecule has 0 aliphatic heterocycles. The van der Waals surface area contributed by atoms with E-state index in [1.165, 1.54) is 35.1 Å². The number of carbonyl (C=O) groups excluding carboxylic acids is 1.